The summed E-state index contributed by atoms with van der Waals surface area (Å²) in [6.07, 6.45) is 4.43. The number of hydrogen-bond acceptors (Lipinski definition) is 4. The van der Waals surface area contributed by atoms with Gasteiger partial charge in [0.05, 0.1) is 13.2 Å². The molecule has 0 atom stereocenters. The van der Waals surface area contributed by atoms with E-state index in [2.05, 4.69) is 39.6 Å². The summed E-state index contributed by atoms with van der Waals surface area (Å²) in [4.78, 5) is 12.5. The van der Waals surface area contributed by atoms with Crippen molar-refractivity contribution in [1.82, 2.24) is 0 Å². The predicted molar refractivity (Wildman–Crippen MR) is 112 cm³/mol. The Hall–Kier alpha value is -1.59. The van der Waals surface area contributed by atoms with Crippen LogP contribution in [0.15, 0.2) is 11.6 Å². The maximum absolute atomic E-state index is 12.5. The summed E-state index contributed by atoms with van der Waals surface area (Å²) in [5.74, 6) is 0.430. The van der Waals surface area contributed by atoms with Gasteiger partial charge >= 0.3 is 5.97 Å². The first kappa shape index (κ1) is 21.7. The van der Waals surface area contributed by atoms with E-state index in [1.807, 2.05) is 6.92 Å². The molecule has 1 aliphatic heterocycles. The zero-order valence-electron chi connectivity index (χ0n) is 17.7. The largest absolute Gasteiger partial charge is 0.493 e. The van der Waals surface area contributed by atoms with Crippen molar-refractivity contribution in [2.45, 2.75) is 72.3 Å². The molecule has 1 heterocycles. The molecular formula is C22H34O4Si. The normalized spacial score (nSPS) is 14.3. The highest BCUT2D eigenvalue weighted by atomic mass is 28.3. The van der Waals surface area contributed by atoms with Gasteiger partial charge in [0, 0.05) is 19.2 Å². The molecule has 0 fully saturated rings. The molecule has 4 nitrogen and oxygen atoms in total. The van der Waals surface area contributed by atoms with Crippen LogP contribution in [0.25, 0.3) is 0 Å². The molecule has 1 aromatic rings. The van der Waals surface area contributed by atoms with E-state index in [1.54, 1.807) is 0 Å². The van der Waals surface area contributed by atoms with Crippen molar-refractivity contribution >= 4 is 14.0 Å². The molecule has 0 spiro atoms. The number of allylic oxidation sites excluding steroid dienone is 1. The number of cyclic esters (lactones) is 1. The SMILES string of the molecule is CC/C(=C/Cc1c(CC)c(C)c2c(c1OCC[Si](C)(C)C)C(=O)OC2)CO. The molecule has 0 radical (unpaired) electrons. The lowest BCUT2D eigenvalue weighted by Gasteiger charge is -2.22. The third-order valence-electron chi connectivity index (χ3n) is 5.33. The van der Waals surface area contributed by atoms with E-state index in [9.17, 15) is 9.90 Å². The molecule has 27 heavy (non-hydrogen) atoms. The Balaban J connectivity index is 2.53. The fraction of sp³-hybridized carbons (Fsp3) is 0.591. The maximum Gasteiger partial charge on any atom is 0.342 e. The average Bonchev–Trinajstić information content (AvgIpc) is 2.99. The van der Waals surface area contributed by atoms with E-state index in [1.165, 1.54) is 5.56 Å². The Bertz CT molecular complexity index is 723. The number of aliphatic hydroxyl groups is 1. The standard InChI is InChI=1S/C22H34O4Si/c1-7-16(13-23)9-10-18-17(8-2)15(3)19-14-26-22(24)20(19)21(18)25-11-12-27(4,5)6/h9,23H,7-8,10-14H2,1-6H3/b16-9-. The molecule has 5 heteroatoms. The van der Waals surface area contributed by atoms with Crippen LogP contribution in [0.3, 0.4) is 0 Å². The quantitative estimate of drug-likeness (QED) is 0.373. The molecule has 1 N–H and O–H groups in total. The fourth-order valence-electron chi connectivity index (χ4n) is 3.51. The monoisotopic (exact) mass is 390 g/mol. The Labute approximate surface area is 164 Å². The van der Waals surface area contributed by atoms with Gasteiger partial charge in [0.25, 0.3) is 0 Å². The highest BCUT2D eigenvalue weighted by molar-refractivity contribution is 6.76. The van der Waals surface area contributed by atoms with Gasteiger partial charge in [0.1, 0.15) is 17.9 Å². The Kier molecular flexibility index (Phi) is 7.29. The van der Waals surface area contributed by atoms with E-state index in [0.717, 1.165) is 41.1 Å². The van der Waals surface area contributed by atoms with Crippen LogP contribution in [0, 0.1) is 6.92 Å². The Morgan fingerprint density at radius 1 is 1.26 bits per heavy atom. The van der Waals surface area contributed by atoms with Crippen LogP contribution >= 0.6 is 0 Å². The van der Waals surface area contributed by atoms with Crippen LogP contribution in [-0.4, -0.2) is 32.4 Å². The lowest BCUT2D eigenvalue weighted by Crippen LogP contribution is -2.23. The molecule has 0 unspecified atom stereocenters. The third kappa shape index (κ3) is 5.02. The number of aliphatic hydroxyl groups excluding tert-OH is 1. The number of fused-ring (bicyclic) bond motifs is 1. The summed E-state index contributed by atoms with van der Waals surface area (Å²) in [5, 5.41) is 9.51. The molecule has 0 saturated heterocycles. The molecule has 0 aromatic heterocycles. The minimum atomic E-state index is -1.24. The van der Waals surface area contributed by atoms with Gasteiger partial charge in [-0.3, -0.25) is 0 Å². The highest BCUT2D eigenvalue weighted by Gasteiger charge is 2.32. The minimum absolute atomic E-state index is 0.0652. The Morgan fingerprint density at radius 3 is 2.52 bits per heavy atom. The summed E-state index contributed by atoms with van der Waals surface area (Å²) in [7, 11) is -1.24. The van der Waals surface area contributed by atoms with Crippen molar-refractivity contribution in [1.29, 1.82) is 0 Å². The highest BCUT2D eigenvalue weighted by Crippen LogP contribution is 2.39. The summed E-state index contributed by atoms with van der Waals surface area (Å²) in [6, 6.07) is 1.04. The predicted octanol–water partition coefficient (Wildman–Crippen LogP) is 4.82. The second-order valence-electron chi connectivity index (χ2n) is 8.43. The molecule has 150 valence electrons. The second kappa shape index (κ2) is 9.07. The summed E-state index contributed by atoms with van der Waals surface area (Å²) >= 11 is 0. The Morgan fingerprint density at radius 2 is 1.96 bits per heavy atom. The zero-order chi connectivity index (χ0) is 20.2. The van der Waals surface area contributed by atoms with Crippen molar-refractivity contribution in [3.63, 3.8) is 0 Å². The first-order valence-corrected chi connectivity index (χ1v) is 13.7. The number of rotatable bonds is 9. The minimum Gasteiger partial charge on any atom is -0.493 e. The van der Waals surface area contributed by atoms with Gasteiger partial charge in [-0.25, -0.2) is 4.79 Å². The number of esters is 1. The van der Waals surface area contributed by atoms with Gasteiger partial charge in [-0.1, -0.05) is 39.6 Å². The molecule has 1 aromatic carbocycles. The summed E-state index contributed by atoms with van der Waals surface area (Å²) in [5.41, 5.74) is 6.05. The van der Waals surface area contributed by atoms with E-state index in [-0.39, 0.29) is 12.6 Å². The van der Waals surface area contributed by atoms with E-state index in [0.29, 0.717) is 30.9 Å². The van der Waals surface area contributed by atoms with Crippen LogP contribution in [0.4, 0.5) is 0 Å². The fourth-order valence-corrected chi connectivity index (χ4v) is 4.22. The number of ether oxygens (including phenoxy) is 2. The molecule has 0 saturated carbocycles. The number of benzene rings is 1. The van der Waals surface area contributed by atoms with Gasteiger partial charge < -0.3 is 14.6 Å². The van der Waals surface area contributed by atoms with Crippen molar-refractivity contribution < 1.29 is 19.4 Å². The lowest BCUT2D eigenvalue weighted by atomic mass is 9.89. The van der Waals surface area contributed by atoms with E-state index in [4.69, 9.17) is 9.47 Å². The maximum atomic E-state index is 12.5. The van der Waals surface area contributed by atoms with Crippen LogP contribution in [0.1, 0.15) is 52.9 Å². The average molecular weight is 391 g/mol. The number of carbonyl (C=O) groups is 1. The molecule has 1 aliphatic rings. The van der Waals surface area contributed by atoms with Crippen molar-refractivity contribution in [2.75, 3.05) is 13.2 Å². The number of carbonyl (C=O) groups excluding carboxylic acids is 1. The van der Waals surface area contributed by atoms with Gasteiger partial charge in [0.2, 0.25) is 0 Å². The van der Waals surface area contributed by atoms with Crippen LogP contribution < -0.4 is 4.74 Å². The van der Waals surface area contributed by atoms with Crippen LogP contribution in [0.2, 0.25) is 25.7 Å². The topological polar surface area (TPSA) is 55.8 Å². The van der Waals surface area contributed by atoms with Crippen molar-refractivity contribution in [3.8, 4) is 5.75 Å². The molecule has 0 amide bonds. The lowest BCUT2D eigenvalue weighted by molar-refractivity contribution is 0.0532. The smallest absolute Gasteiger partial charge is 0.342 e. The third-order valence-corrected chi connectivity index (χ3v) is 7.03. The van der Waals surface area contributed by atoms with Gasteiger partial charge in [-0.05, 0) is 48.9 Å². The first-order chi connectivity index (χ1) is 12.7. The van der Waals surface area contributed by atoms with Gasteiger partial charge in [0.15, 0.2) is 0 Å². The summed E-state index contributed by atoms with van der Waals surface area (Å²) < 4.78 is 11.6. The first-order valence-electron chi connectivity index (χ1n) is 9.99. The molecular weight excluding hydrogens is 356 g/mol. The van der Waals surface area contributed by atoms with E-state index >= 15 is 0 Å². The molecule has 2 rings (SSSR count). The summed E-state index contributed by atoms with van der Waals surface area (Å²) in [6.45, 7) is 14.2. The number of hydrogen-bond donors (Lipinski definition) is 1. The van der Waals surface area contributed by atoms with Gasteiger partial charge in [-0.15, -0.1) is 0 Å². The molecule has 0 aliphatic carbocycles. The van der Waals surface area contributed by atoms with Crippen LogP contribution in [-0.2, 0) is 24.2 Å². The second-order valence-corrected chi connectivity index (χ2v) is 14.1. The van der Waals surface area contributed by atoms with Crippen molar-refractivity contribution in [3.05, 3.63) is 39.5 Å². The molecule has 0 bridgehead atoms. The van der Waals surface area contributed by atoms with Crippen molar-refractivity contribution in [2.24, 2.45) is 0 Å². The van der Waals surface area contributed by atoms with E-state index < -0.39 is 8.07 Å². The zero-order valence-corrected chi connectivity index (χ0v) is 18.7. The van der Waals surface area contributed by atoms with Crippen LogP contribution in [0.5, 0.6) is 5.75 Å². The van der Waals surface area contributed by atoms with Gasteiger partial charge in [-0.2, -0.15) is 0 Å².